The Morgan fingerprint density at radius 1 is 1.24 bits per heavy atom. The number of aliphatic hydroxyl groups excluding tert-OH is 1. The normalized spacial score (nSPS) is 13.2. The molecule has 0 amide bonds. The average molecular weight is 527 g/mol. The number of hydrogen-bond acceptors (Lipinski definition) is 10. The number of hydrogen-bond donors (Lipinski definition) is 2. The molecule has 0 radical (unpaired) electrons. The van der Waals surface area contributed by atoms with Gasteiger partial charge in [-0.25, -0.2) is 19.2 Å². The standard InChI is InChI=1S/C23H23FN8O4S/c1-11-5-15(29-36-11)8-31-22(34)18-19(30(4)23(31)35)26-10-32(18)13(3)20(33)27-17-9-37-21(28-17)14-6-16(24)12(2)25-7-14/h5-7,9-10,13,20,27,33H,8H2,1-4H3/t13-,20?/m0/s1. The Kier molecular flexibility index (Phi) is 6.21. The molecule has 0 aliphatic rings. The molecule has 2 atom stereocenters. The van der Waals surface area contributed by atoms with E-state index in [4.69, 9.17) is 4.52 Å². The van der Waals surface area contributed by atoms with Gasteiger partial charge in [-0.1, -0.05) is 5.16 Å². The Hall–Kier alpha value is -4.17. The van der Waals surface area contributed by atoms with Gasteiger partial charge in [0.05, 0.1) is 24.6 Å². The van der Waals surface area contributed by atoms with Crippen LogP contribution in [0.4, 0.5) is 10.2 Å². The van der Waals surface area contributed by atoms with Crippen molar-refractivity contribution in [1.82, 2.24) is 33.8 Å². The minimum absolute atomic E-state index is 0.0742. The van der Waals surface area contributed by atoms with E-state index in [9.17, 15) is 19.1 Å². The van der Waals surface area contributed by atoms with Crippen LogP contribution in [0.3, 0.4) is 0 Å². The maximum absolute atomic E-state index is 13.9. The van der Waals surface area contributed by atoms with Crippen molar-refractivity contribution in [3.05, 3.63) is 73.8 Å². The summed E-state index contributed by atoms with van der Waals surface area (Å²) in [5, 5.41) is 19.9. The summed E-state index contributed by atoms with van der Waals surface area (Å²) in [6, 6.07) is 2.33. The molecular formula is C23H23FN8O4S. The summed E-state index contributed by atoms with van der Waals surface area (Å²) >= 11 is 1.27. The second kappa shape index (κ2) is 9.37. The molecule has 37 heavy (non-hydrogen) atoms. The van der Waals surface area contributed by atoms with Crippen LogP contribution >= 0.6 is 11.3 Å². The predicted octanol–water partition coefficient (Wildman–Crippen LogP) is 2.20. The monoisotopic (exact) mass is 526 g/mol. The van der Waals surface area contributed by atoms with Crippen LogP contribution in [-0.4, -0.2) is 45.1 Å². The van der Waals surface area contributed by atoms with Gasteiger partial charge in [0.15, 0.2) is 11.2 Å². The van der Waals surface area contributed by atoms with Crippen LogP contribution in [0.15, 0.2) is 44.1 Å². The fraction of sp³-hybridized carbons (Fsp3) is 0.304. The number of aryl methyl sites for hydroxylation is 3. The molecule has 5 heterocycles. The smallest absolute Gasteiger partial charge is 0.332 e. The lowest BCUT2D eigenvalue weighted by atomic mass is 10.2. The van der Waals surface area contributed by atoms with E-state index in [1.807, 2.05) is 0 Å². The third kappa shape index (κ3) is 4.44. The minimum atomic E-state index is -1.18. The summed E-state index contributed by atoms with van der Waals surface area (Å²) in [6.45, 7) is 4.91. The lowest BCUT2D eigenvalue weighted by molar-refractivity contribution is 0.149. The highest BCUT2D eigenvalue weighted by Gasteiger charge is 2.24. The van der Waals surface area contributed by atoms with Gasteiger partial charge in [0, 0.05) is 30.3 Å². The Morgan fingerprint density at radius 3 is 2.73 bits per heavy atom. The molecule has 0 bridgehead atoms. The van der Waals surface area contributed by atoms with Crippen LogP contribution in [-0.2, 0) is 13.6 Å². The zero-order chi connectivity index (χ0) is 26.4. The number of rotatable bonds is 7. The van der Waals surface area contributed by atoms with Crippen LogP contribution in [0, 0.1) is 19.7 Å². The summed E-state index contributed by atoms with van der Waals surface area (Å²) in [7, 11) is 1.52. The highest BCUT2D eigenvalue weighted by atomic mass is 32.1. The number of nitrogens with zero attached hydrogens (tertiary/aromatic N) is 7. The second-order valence-electron chi connectivity index (χ2n) is 8.64. The Labute approximate surface area is 212 Å². The van der Waals surface area contributed by atoms with Crippen molar-refractivity contribution in [2.75, 3.05) is 5.32 Å². The molecule has 0 aliphatic carbocycles. The zero-order valence-corrected chi connectivity index (χ0v) is 21.2. The molecule has 0 spiro atoms. The second-order valence-corrected chi connectivity index (χ2v) is 9.50. The highest BCUT2D eigenvalue weighted by Crippen LogP contribution is 2.27. The summed E-state index contributed by atoms with van der Waals surface area (Å²) in [4.78, 5) is 38.9. The quantitative estimate of drug-likeness (QED) is 0.305. The molecular weight excluding hydrogens is 503 g/mol. The predicted molar refractivity (Wildman–Crippen MR) is 134 cm³/mol. The van der Waals surface area contributed by atoms with Crippen molar-refractivity contribution in [3.63, 3.8) is 0 Å². The van der Waals surface area contributed by atoms with Gasteiger partial charge in [0.25, 0.3) is 5.56 Å². The van der Waals surface area contributed by atoms with Crippen LogP contribution in [0.1, 0.15) is 30.1 Å². The van der Waals surface area contributed by atoms with E-state index >= 15 is 0 Å². The number of pyridine rings is 1. The van der Waals surface area contributed by atoms with Crippen LogP contribution in [0.2, 0.25) is 0 Å². The molecule has 1 unspecified atom stereocenters. The van der Waals surface area contributed by atoms with Gasteiger partial charge in [-0.05, 0) is 26.8 Å². The molecule has 12 nitrogen and oxygen atoms in total. The van der Waals surface area contributed by atoms with Crippen molar-refractivity contribution in [2.45, 2.75) is 39.6 Å². The van der Waals surface area contributed by atoms with Gasteiger partial charge in [0.2, 0.25) is 0 Å². The molecule has 0 fully saturated rings. The fourth-order valence-electron chi connectivity index (χ4n) is 3.91. The largest absolute Gasteiger partial charge is 0.372 e. The summed E-state index contributed by atoms with van der Waals surface area (Å²) < 4.78 is 22.8. The molecule has 5 aromatic rings. The summed E-state index contributed by atoms with van der Waals surface area (Å²) in [5.74, 6) is 0.500. The maximum Gasteiger partial charge on any atom is 0.332 e. The van der Waals surface area contributed by atoms with Gasteiger partial charge in [-0.15, -0.1) is 11.3 Å². The van der Waals surface area contributed by atoms with Crippen molar-refractivity contribution in [1.29, 1.82) is 0 Å². The van der Waals surface area contributed by atoms with Gasteiger partial charge in [-0.2, -0.15) is 0 Å². The number of thiazole rings is 1. The first-order valence-corrected chi connectivity index (χ1v) is 12.1. The first-order valence-electron chi connectivity index (χ1n) is 11.2. The number of anilines is 1. The van der Waals surface area contributed by atoms with E-state index < -0.39 is 29.3 Å². The molecule has 0 saturated carbocycles. The number of halogens is 1. The Balaban J connectivity index is 1.44. The molecule has 2 N–H and O–H groups in total. The molecule has 0 aromatic carbocycles. The molecule has 0 saturated heterocycles. The third-order valence-corrected chi connectivity index (χ3v) is 6.91. The molecule has 14 heteroatoms. The van der Waals surface area contributed by atoms with Crippen molar-refractivity contribution < 1.29 is 14.0 Å². The molecule has 5 aromatic heterocycles. The fourth-order valence-corrected chi connectivity index (χ4v) is 4.65. The number of nitrogens with one attached hydrogen (secondary N) is 1. The maximum atomic E-state index is 13.9. The number of aliphatic hydroxyl groups is 1. The topological polar surface area (TPSA) is 146 Å². The van der Waals surface area contributed by atoms with E-state index in [1.54, 1.807) is 32.2 Å². The van der Waals surface area contributed by atoms with Crippen LogP contribution in [0.25, 0.3) is 21.7 Å². The average Bonchev–Trinajstić information content (AvgIpc) is 3.61. The summed E-state index contributed by atoms with van der Waals surface area (Å²) in [5.41, 5.74) is 0.463. The zero-order valence-electron chi connectivity index (χ0n) is 20.3. The van der Waals surface area contributed by atoms with Crippen LogP contribution in [0.5, 0.6) is 0 Å². The van der Waals surface area contributed by atoms with E-state index in [2.05, 4.69) is 25.4 Å². The lowest BCUT2D eigenvalue weighted by Gasteiger charge is -2.22. The van der Waals surface area contributed by atoms with Crippen LogP contribution < -0.4 is 16.6 Å². The number of aromatic nitrogens is 7. The molecule has 192 valence electrons. The number of imidazole rings is 1. The Bertz CT molecular complexity index is 1730. The molecule has 0 aliphatic heterocycles. The first-order chi connectivity index (χ1) is 17.6. The van der Waals surface area contributed by atoms with Crippen molar-refractivity contribution in [2.24, 2.45) is 7.05 Å². The van der Waals surface area contributed by atoms with E-state index in [0.717, 1.165) is 4.57 Å². The van der Waals surface area contributed by atoms with Crippen molar-refractivity contribution in [3.8, 4) is 10.6 Å². The number of fused-ring (bicyclic) bond motifs is 1. The van der Waals surface area contributed by atoms with Gasteiger partial charge in [0.1, 0.15) is 34.3 Å². The summed E-state index contributed by atoms with van der Waals surface area (Å²) in [6.07, 6.45) is 1.76. The Morgan fingerprint density at radius 2 is 2.03 bits per heavy atom. The lowest BCUT2D eigenvalue weighted by Crippen LogP contribution is -2.40. The minimum Gasteiger partial charge on any atom is -0.372 e. The third-order valence-electron chi connectivity index (χ3n) is 6.02. The van der Waals surface area contributed by atoms with E-state index in [1.165, 1.54) is 46.1 Å². The first kappa shape index (κ1) is 24.5. The molecule has 5 rings (SSSR count). The highest BCUT2D eigenvalue weighted by molar-refractivity contribution is 7.13. The van der Waals surface area contributed by atoms with Crippen molar-refractivity contribution >= 4 is 28.3 Å². The van der Waals surface area contributed by atoms with E-state index in [0.29, 0.717) is 33.5 Å². The van der Waals surface area contributed by atoms with Gasteiger partial charge >= 0.3 is 5.69 Å². The van der Waals surface area contributed by atoms with Gasteiger partial charge < -0.3 is 19.5 Å². The van der Waals surface area contributed by atoms with Gasteiger partial charge in [-0.3, -0.25) is 18.9 Å². The van der Waals surface area contributed by atoms with E-state index in [-0.39, 0.29) is 17.7 Å². The SMILES string of the molecule is Cc1cc(Cn2c(=O)c3c(ncn3[C@@H](C)C(O)Nc3csc(-c4cnc(C)c(F)c4)n3)n(C)c2=O)no1.